The number of ether oxygens (including phenoxy) is 2. The zero-order valence-electron chi connectivity index (χ0n) is 13.2. The van der Waals surface area contributed by atoms with Crippen LogP contribution in [0, 0.1) is 11.0 Å². The molecule has 1 heterocycles. The van der Waals surface area contributed by atoms with E-state index in [0.29, 0.717) is 20.0 Å². The van der Waals surface area contributed by atoms with Gasteiger partial charge < -0.3 is 14.7 Å². The van der Waals surface area contributed by atoms with E-state index in [0.717, 1.165) is 12.7 Å². The average molecular weight is 406 g/mol. The molecule has 0 radical (unpaired) electrons. The molecular weight excluding hydrogens is 393 g/mol. The third kappa shape index (κ3) is 3.41. The Kier molecular flexibility index (Phi) is 4.85. The van der Waals surface area contributed by atoms with Gasteiger partial charge in [-0.25, -0.2) is 9.18 Å². The Morgan fingerprint density at radius 1 is 1.24 bits per heavy atom. The van der Waals surface area contributed by atoms with Crippen molar-refractivity contribution in [1.29, 1.82) is 0 Å². The second-order valence-corrected chi connectivity index (χ2v) is 6.10. The zero-order chi connectivity index (χ0) is 18.0. The number of benzene rings is 2. The van der Waals surface area contributed by atoms with E-state index in [9.17, 15) is 14.4 Å². The molecule has 0 atom stereocenters. The lowest BCUT2D eigenvalue weighted by Crippen LogP contribution is -2.35. The summed E-state index contributed by atoms with van der Waals surface area (Å²) in [6, 6.07) is 11.7. The van der Waals surface area contributed by atoms with Gasteiger partial charge in [0.15, 0.2) is 6.20 Å². The quantitative estimate of drug-likeness (QED) is 0.376. The molecule has 0 unspecified atom stereocenters. The minimum atomic E-state index is -0.861. The van der Waals surface area contributed by atoms with Crippen LogP contribution in [0.4, 0.5) is 4.39 Å². The van der Waals surface area contributed by atoms with Crippen LogP contribution in [0.5, 0.6) is 5.75 Å². The van der Waals surface area contributed by atoms with Gasteiger partial charge in [0.2, 0.25) is 5.75 Å². The van der Waals surface area contributed by atoms with Gasteiger partial charge in [-0.1, -0.05) is 30.3 Å². The fraction of sp³-hybridized carbons (Fsp3) is 0.111. The van der Waals surface area contributed by atoms with Crippen LogP contribution >= 0.6 is 15.9 Å². The number of hydrogen-bond acceptors (Lipinski definition) is 4. The summed E-state index contributed by atoms with van der Waals surface area (Å²) in [7, 11) is 1.16. The first-order valence-electron chi connectivity index (χ1n) is 7.31. The molecule has 0 saturated carbocycles. The summed E-state index contributed by atoms with van der Waals surface area (Å²) in [5.41, 5.74) is 0.506. The Hall–Kier alpha value is -2.67. The molecule has 3 rings (SSSR count). The fourth-order valence-corrected chi connectivity index (χ4v) is 3.00. The first-order chi connectivity index (χ1) is 12.0. The van der Waals surface area contributed by atoms with E-state index in [1.165, 1.54) is 18.3 Å². The Labute approximate surface area is 151 Å². The molecule has 1 aromatic heterocycles. The molecule has 0 bridgehead atoms. The van der Waals surface area contributed by atoms with Crippen LogP contribution in [-0.2, 0) is 11.3 Å². The Balaban J connectivity index is 2.19. The van der Waals surface area contributed by atoms with Gasteiger partial charge in [-0.2, -0.15) is 4.73 Å². The highest BCUT2D eigenvalue weighted by molar-refractivity contribution is 9.10. The zero-order valence-corrected chi connectivity index (χ0v) is 14.7. The van der Waals surface area contributed by atoms with Crippen LogP contribution in [-0.4, -0.2) is 13.1 Å². The first-order valence-corrected chi connectivity index (χ1v) is 8.10. The largest absolute Gasteiger partial charge is 0.618 e. The number of hydrogen-bond donors (Lipinski definition) is 0. The molecule has 0 aliphatic carbocycles. The van der Waals surface area contributed by atoms with E-state index in [2.05, 4.69) is 20.7 Å². The Bertz CT molecular complexity index is 947. The van der Waals surface area contributed by atoms with E-state index in [-0.39, 0.29) is 18.1 Å². The van der Waals surface area contributed by atoms with E-state index < -0.39 is 11.8 Å². The highest BCUT2D eigenvalue weighted by Crippen LogP contribution is 2.33. The molecule has 0 aliphatic rings. The summed E-state index contributed by atoms with van der Waals surface area (Å²) in [6.07, 6.45) is 1.18. The normalized spacial score (nSPS) is 10.7. The number of carbonyl (C=O) groups excluding carboxylic acids is 1. The SMILES string of the molecule is COC(=O)c1c(OCc2ccccc2)c2cc(F)cc(Br)c2c[n+]1[O-]. The van der Waals surface area contributed by atoms with E-state index in [4.69, 9.17) is 4.74 Å². The molecule has 0 N–H and O–H groups in total. The summed E-state index contributed by atoms with van der Waals surface area (Å²) in [6.45, 7) is 0.109. The van der Waals surface area contributed by atoms with Gasteiger partial charge in [0.05, 0.1) is 12.5 Å². The Morgan fingerprint density at radius 2 is 1.96 bits per heavy atom. The number of nitrogens with zero attached hydrogens (tertiary/aromatic N) is 1. The number of carbonyl (C=O) groups is 1. The van der Waals surface area contributed by atoms with Crippen molar-refractivity contribution in [2.45, 2.75) is 6.61 Å². The van der Waals surface area contributed by atoms with Crippen molar-refractivity contribution >= 4 is 32.7 Å². The highest BCUT2D eigenvalue weighted by atomic mass is 79.9. The number of aromatic nitrogens is 1. The van der Waals surface area contributed by atoms with Crippen LogP contribution in [0.3, 0.4) is 0 Å². The van der Waals surface area contributed by atoms with Gasteiger partial charge in [-0.05, 0) is 33.6 Å². The molecule has 0 amide bonds. The summed E-state index contributed by atoms with van der Waals surface area (Å²) in [4.78, 5) is 12.1. The summed E-state index contributed by atoms with van der Waals surface area (Å²) in [5, 5.41) is 13.0. The third-order valence-electron chi connectivity index (χ3n) is 3.63. The second-order valence-electron chi connectivity index (χ2n) is 5.25. The molecule has 25 heavy (non-hydrogen) atoms. The maximum atomic E-state index is 13.9. The minimum Gasteiger partial charge on any atom is -0.618 e. The predicted molar refractivity (Wildman–Crippen MR) is 92.7 cm³/mol. The average Bonchev–Trinajstić information content (AvgIpc) is 2.60. The van der Waals surface area contributed by atoms with Gasteiger partial charge in [0.1, 0.15) is 12.4 Å². The maximum absolute atomic E-state index is 13.9. The van der Waals surface area contributed by atoms with Crippen molar-refractivity contribution in [3.8, 4) is 5.75 Å². The van der Waals surface area contributed by atoms with E-state index >= 15 is 0 Å². The van der Waals surface area contributed by atoms with Crippen molar-refractivity contribution in [3.63, 3.8) is 0 Å². The van der Waals surface area contributed by atoms with Crippen molar-refractivity contribution in [1.82, 2.24) is 0 Å². The molecule has 2 aromatic carbocycles. The molecule has 3 aromatic rings. The Morgan fingerprint density at radius 3 is 2.64 bits per heavy atom. The molecule has 0 spiro atoms. The fourth-order valence-electron chi connectivity index (χ4n) is 2.47. The smallest absolute Gasteiger partial charge is 0.408 e. The highest BCUT2D eigenvalue weighted by Gasteiger charge is 2.28. The second kappa shape index (κ2) is 7.06. The van der Waals surface area contributed by atoms with Crippen molar-refractivity contribution in [3.05, 3.63) is 75.4 Å². The van der Waals surface area contributed by atoms with Crippen molar-refractivity contribution in [2.24, 2.45) is 0 Å². The molecule has 5 nitrogen and oxygen atoms in total. The van der Waals surface area contributed by atoms with Crippen molar-refractivity contribution in [2.75, 3.05) is 7.11 Å². The number of pyridine rings is 1. The molecular formula is C18H13BrFNO4. The standard InChI is InChI=1S/C18H13BrFNO4/c1-24-18(22)16-17(25-10-11-5-3-2-4-6-11)13-7-12(20)8-15(19)14(13)9-21(16)23/h2-9H,10H2,1H3. The van der Waals surface area contributed by atoms with E-state index in [1.54, 1.807) is 0 Å². The van der Waals surface area contributed by atoms with E-state index in [1.807, 2.05) is 30.3 Å². The van der Waals surface area contributed by atoms with Gasteiger partial charge in [-0.15, -0.1) is 0 Å². The topological polar surface area (TPSA) is 62.5 Å². The molecule has 0 fully saturated rings. The maximum Gasteiger partial charge on any atom is 0.408 e. The number of esters is 1. The van der Waals surface area contributed by atoms with Crippen LogP contribution in [0.1, 0.15) is 16.1 Å². The van der Waals surface area contributed by atoms with Crippen LogP contribution in [0.25, 0.3) is 10.8 Å². The van der Waals surface area contributed by atoms with Gasteiger partial charge in [-0.3, -0.25) is 0 Å². The number of rotatable bonds is 4. The lowest BCUT2D eigenvalue weighted by atomic mass is 10.1. The van der Waals surface area contributed by atoms with Crippen LogP contribution in [0.2, 0.25) is 0 Å². The van der Waals surface area contributed by atoms with Crippen LogP contribution in [0.15, 0.2) is 53.1 Å². The monoisotopic (exact) mass is 405 g/mol. The number of fused-ring (bicyclic) bond motifs is 1. The molecule has 128 valence electrons. The van der Waals surface area contributed by atoms with Crippen molar-refractivity contribution < 1.29 is 23.4 Å². The van der Waals surface area contributed by atoms with Gasteiger partial charge >= 0.3 is 11.7 Å². The number of halogens is 2. The summed E-state index contributed by atoms with van der Waals surface area (Å²) in [5.74, 6) is -1.41. The molecule has 0 aliphatic heterocycles. The molecule has 7 heteroatoms. The van der Waals surface area contributed by atoms with Gasteiger partial charge in [0, 0.05) is 9.86 Å². The first kappa shape index (κ1) is 17.2. The minimum absolute atomic E-state index is 0.0246. The number of methoxy groups -OCH3 is 1. The van der Waals surface area contributed by atoms with Gasteiger partial charge in [0.25, 0.3) is 0 Å². The predicted octanol–water partition coefficient (Wildman–Crippen LogP) is 3.74. The lowest BCUT2D eigenvalue weighted by Gasteiger charge is -2.14. The third-order valence-corrected chi connectivity index (χ3v) is 4.28. The summed E-state index contributed by atoms with van der Waals surface area (Å²) >= 11 is 3.23. The molecule has 0 saturated heterocycles. The van der Waals surface area contributed by atoms with Crippen LogP contribution < -0.4 is 9.47 Å². The summed E-state index contributed by atoms with van der Waals surface area (Å²) < 4.78 is 25.0. The lowest BCUT2D eigenvalue weighted by molar-refractivity contribution is -0.607.